The van der Waals surface area contributed by atoms with Crippen LogP contribution in [0.2, 0.25) is 0 Å². The lowest BCUT2D eigenvalue weighted by atomic mass is 10.0. The molecule has 0 unspecified atom stereocenters. The molecule has 0 saturated heterocycles. The van der Waals surface area contributed by atoms with Crippen molar-refractivity contribution >= 4 is 17.0 Å². The van der Waals surface area contributed by atoms with Gasteiger partial charge in [0.15, 0.2) is 0 Å². The maximum atomic E-state index is 10.2. The van der Waals surface area contributed by atoms with Gasteiger partial charge >= 0.3 is 0 Å². The minimum absolute atomic E-state index is 0.125. The van der Waals surface area contributed by atoms with Gasteiger partial charge in [-0.2, -0.15) is 0 Å². The molecule has 0 aliphatic carbocycles. The Morgan fingerprint density at radius 2 is 1.85 bits per heavy atom. The third kappa shape index (κ3) is 5.36. The first kappa shape index (κ1) is 19.0. The first-order chi connectivity index (χ1) is 13.3. The van der Waals surface area contributed by atoms with Crippen LogP contribution < -0.4 is 0 Å². The van der Waals surface area contributed by atoms with Crippen molar-refractivity contribution in [3.8, 4) is 5.75 Å². The lowest BCUT2D eigenvalue weighted by Crippen LogP contribution is -2.28. The molecule has 0 bridgehead atoms. The van der Waals surface area contributed by atoms with Gasteiger partial charge in [-0.1, -0.05) is 36.4 Å². The van der Waals surface area contributed by atoms with Crippen LogP contribution in [-0.4, -0.2) is 52.6 Å². The van der Waals surface area contributed by atoms with Crippen molar-refractivity contribution in [2.75, 3.05) is 26.2 Å². The van der Waals surface area contributed by atoms with E-state index in [4.69, 9.17) is 0 Å². The monoisotopic (exact) mass is 363 g/mol. The molecule has 0 fully saturated rings. The van der Waals surface area contributed by atoms with Crippen molar-refractivity contribution in [1.82, 2.24) is 9.88 Å². The Morgan fingerprint density at radius 1 is 1.00 bits per heavy atom. The third-order valence-corrected chi connectivity index (χ3v) is 4.46. The molecule has 0 aliphatic rings. The first-order valence-electron chi connectivity index (χ1n) is 9.21. The van der Waals surface area contributed by atoms with Gasteiger partial charge in [-0.3, -0.25) is 14.9 Å². The highest BCUT2D eigenvalue weighted by molar-refractivity contribution is 6.02. The highest BCUT2D eigenvalue weighted by Gasteiger charge is 2.06. The van der Waals surface area contributed by atoms with Crippen LogP contribution >= 0.6 is 0 Å². The Balaban J connectivity index is 1.56. The van der Waals surface area contributed by atoms with E-state index in [0.717, 1.165) is 41.5 Å². The molecule has 0 aliphatic heterocycles. The minimum Gasteiger partial charge on any atom is -0.507 e. The zero-order valence-electron chi connectivity index (χ0n) is 15.3. The largest absolute Gasteiger partial charge is 0.507 e. The molecule has 1 aromatic heterocycles. The Hall–Kier alpha value is -2.76. The molecule has 0 atom stereocenters. The topological polar surface area (TPSA) is 69.0 Å². The zero-order valence-corrected chi connectivity index (χ0v) is 15.3. The third-order valence-electron chi connectivity index (χ3n) is 4.46. The molecule has 27 heavy (non-hydrogen) atoms. The molecule has 3 rings (SSSR count). The Kier molecular flexibility index (Phi) is 6.90. The van der Waals surface area contributed by atoms with Crippen molar-refractivity contribution in [1.29, 1.82) is 0 Å². The van der Waals surface area contributed by atoms with Crippen molar-refractivity contribution in [2.24, 2.45) is 4.99 Å². The van der Waals surface area contributed by atoms with Crippen LogP contribution in [0.25, 0.3) is 10.8 Å². The molecule has 5 nitrogen and oxygen atoms in total. The average molecular weight is 363 g/mol. The number of hydrogen-bond donors (Lipinski definition) is 2. The molecule has 0 spiro atoms. The summed E-state index contributed by atoms with van der Waals surface area (Å²) in [4.78, 5) is 11.0. The Morgan fingerprint density at radius 3 is 2.67 bits per heavy atom. The van der Waals surface area contributed by atoms with Crippen molar-refractivity contribution in [3.05, 3.63) is 72.1 Å². The van der Waals surface area contributed by atoms with Gasteiger partial charge in [0, 0.05) is 44.2 Å². The summed E-state index contributed by atoms with van der Waals surface area (Å²) in [6.07, 6.45) is 4.41. The number of aliphatic imine (C=N–C) groups is 1. The molecular formula is C22H25N3O2. The summed E-state index contributed by atoms with van der Waals surface area (Å²) in [7, 11) is 0. The molecule has 5 heteroatoms. The van der Waals surface area contributed by atoms with Crippen molar-refractivity contribution in [3.63, 3.8) is 0 Å². The second kappa shape index (κ2) is 9.80. The maximum absolute atomic E-state index is 10.2. The van der Waals surface area contributed by atoms with Crippen molar-refractivity contribution in [2.45, 2.75) is 13.0 Å². The number of aliphatic hydroxyl groups is 1. The lowest BCUT2D eigenvalue weighted by molar-refractivity contribution is 0.188. The van der Waals surface area contributed by atoms with E-state index in [2.05, 4.69) is 14.9 Å². The number of phenolic OH excluding ortho intramolecular Hbond substituents is 1. The molecule has 2 N–H and O–H groups in total. The van der Waals surface area contributed by atoms with Gasteiger partial charge in [0.05, 0.1) is 12.3 Å². The SMILES string of the molecule is OCCN(CCCN=Cc1c(O)ccc2ccccc12)Cc1ccccn1. The summed E-state index contributed by atoms with van der Waals surface area (Å²) >= 11 is 0. The summed E-state index contributed by atoms with van der Waals surface area (Å²) in [5, 5.41) is 21.5. The summed E-state index contributed by atoms with van der Waals surface area (Å²) in [5.74, 6) is 0.245. The van der Waals surface area contributed by atoms with E-state index in [1.54, 1.807) is 18.5 Å². The van der Waals surface area contributed by atoms with E-state index in [0.29, 0.717) is 13.1 Å². The molecule has 2 aromatic carbocycles. The summed E-state index contributed by atoms with van der Waals surface area (Å²) in [6.45, 7) is 2.95. The summed E-state index contributed by atoms with van der Waals surface area (Å²) in [5.41, 5.74) is 1.75. The van der Waals surface area contributed by atoms with Crippen LogP contribution in [0, 0.1) is 0 Å². The molecule has 0 radical (unpaired) electrons. The van der Waals surface area contributed by atoms with Crippen LogP contribution in [-0.2, 0) is 6.54 Å². The van der Waals surface area contributed by atoms with Gasteiger partial charge in [-0.15, -0.1) is 0 Å². The summed E-state index contributed by atoms with van der Waals surface area (Å²) in [6, 6.07) is 17.4. The Labute approximate surface area is 159 Å². The van der Waals surface area contributed by atoms with Crippen molar-refractivity contribution < 1.29 is 10.2 Å². The van der Waals surface area contributed by atoms with E-state index in [1.165, 1.54) is 0 Å². The molecule has 0 amide bonds. The molecular weight excluding hydrogens is 338 g/mol. The zero-order chi connectivity index (χ0) is 18.9. The number of hydrogen-bond acceptors (Lipinski definition) is 5. The van der Waals surface area contributed by atoms with Gasteiger partial charge in [0.25, 0.3) is 0 Å². The van der Waals surface area contributed by atoms with E-state index < -0.39 is 0 Å². The van der Waals surface area contributed by atoms with Crippen LogP contribution in [0.15, 0.2) is 65.8 Å². The van der Waals surface area contributed by atoms with E-state index in [1.807, 2.05) is 48.5 Å². The van der Waals surface area contributed by atoms with Crippen LogP contribution in [0.1, 0.15) is 17.7 Å². The number of benzene rings is 2. The van der Waals surface area contributed by atoms with Gasteiger partial charge in [-0.25, -0.2) is 0 Å². The molecule has 0 saturated carbocycles. The number of aromatic nitrogens is 1. The average Bonchev–Trinajstić information content (AvgIpc) is 2.70. The minimum atomic E-state index is 0.125. The molecule has 1 heterocycles. The number of aliphatic hydroxyl groups excluding tert-OH is 1. The molecule has 3 aromatic rings. The van der Waals surface area contributed by atoms with E-state index in [-0.39, 0.29) is 12.4 Å². The number of aromatic hydroxyl groups is 1. The van der Waals surface area contributed by atoms with Gasteiger partial charge < -0.3 is 10.2 Å². The number of nitrogens with zero attached hydrogens (tertiary/aromatic N) is 3. The second-order valence-corrected chi connectivity index (χ2v) is 6.43. The van der Waals surface area contributed by atoms with Crippen LogP contribution in [0.5, 0.6) is 5.75 Å². The maximum Gasteiger partial charge on any atom is 0.124 e. The number of rotatable bonds is 9. The van der Waals surface area contributed by atoms with Gasteiger partial charge in [0.1, 0.15) is 5.75 Å². The number of fused-ring (bicyclic) bond motifs is 1. The fourth-order valence-corrected chi connectivity index (χ4v) is 3.09. The van der Waals surface area contributed by atoms with E-state index in [9.17, 15) is 10.2 Å². The fourth-order valence-electron chi connectivity index (χ4n) is 3.09. The number of phenols is 1. The highest BCUT2D eigenvalue weighted by Crippen LogP contribution is 2.25. The lowest BCUT2D eigenvalue weighted by Gasteiger charge is -2.20. The standard InChI is InChI=1S/C22H25N3O2/c26-15-14-25(17-19-7-3-4-12-24-19)13-5-11-23-16-21-20-8-2-1-6-18(20)9-10-22(21)27/h1-4,6-10,12,16,26-27H,5,11,13-15,17H2. The smallest absolute Gasteiger partial charge is 0.124 e. The fraction of sp³-hybridized carbons (Fsp3) is 0.273. The summed E-state index contributed by atoms with van der Waals surface area (Å²) < 4.78 is 0. The van der Waals surface area contributed by atoms with Crippen LogP contribution in [0.3, 0.4) is 0 Å². The first-order valence-corrected chi connectivity index (χ1v) is 9.21. The second-order valence-electron chi connectivity index (χ2n) is 6.43. The normalized spacial score (nSPS) is 11.6. The van der Waals surface area contributed by atoms with Crippen LogP contribution in [0.4, 0.5) is 0 Å². The molecule has 140 valence electrons. The predicted octanol–water partition coefficient (Wildman–Crippen LogP) is 3.24. The van der Waals surface area contributed by atoms with Gasteiger partial charge in [-0.05, 0) is 35.4 Å². The Bertz CT molecular complexity index is 881. The predicted molar refractivity (Wildman–Crippen MR) is 109 cm³/mol. The quantitative estimate of drug-likeness (QED) is 0.452. The van der Waals surface area contributed by atoms with E-state index >= 15 is 0 Å². The van der Waals surface area contributed by atoms with Gasteiger partial charge in [0.2, 0.25) is 0 Å². The number of pyridine rings is 1. The highest BCUT2D eigenvalue weighted by atomic mass is 16.3.